The van der Waals surface area contributed by atoms with Gasteiger partial charge in [-0.2, -0.15) is 0 Å². The number of rotatable bonds is 8. The van der Waals surface area contributed by atoms with E-state index in [9.17, 15) is 0 Å². The number of hydrogen-bond acceptors (Lipinski definition) is 2. The van der Waals surface area contributed by atoms with E-state index in [0.29, 0.717) is 0 Å². The Balaban J connectivity index is 2.51. The average molecular weight is 234 g/mol. The van der Waals surface area contributed by atoms with Crippen LogP contribution in [0.5, 0.6) is 0 Å². The Hall–Kier alpha value is -1.02. The van der Waals surface area contributed by atoms with E-state index in [1.807, 2.05) is 12.1 Å². The second-order valence-electron chi connectivity index (χ2n) is 4.73. The van der Waals surface area contributed by atoms with Crippen molar-refractivity contribution in [3.63, 3.8) is 0 Å². The molecule has 0 aromatic heterocycles. The minimum Gasteiger partial charge on any atom is -0.399 e. The van der Waals surface area contributed by atoms with Gasteiger partial charge in [-0.3, -0.25) is 4.90 Å². The van der Waals surface area contributed by atoms with Gasteiger partial charge >= 0.3 is 0 Å². The molecule has 0 heterocycles. The summed E-state index contributed by atoms with van der Waals surface area (Å²) in [7, 11) is 0. The van der Waals surface area contributed by atoms with Crippen LogP contribution in [-0.4, -0.2) is 18.0 Å². The maximum absolute atomic E-state index is 5.82. The van der Waals surface area contributed by atoms with Crippen molar-refractivity contribution in [2.45, 2.75) is 46.1 Å². The summed E-state index contributed by atoms with van der Waals surface area (Å²) in [5, 5.41) is 0. The van der Waals surface area contributed by atoms with Gasteiger partial charge in [-0.05, 0) is 43.6 Å². The summed E-state index contributed by atoms with van der Waals surface area (Å²) in [6.07, 6.45) is 5.09. The van der Waals surface area contributed by atoms with Crippen LogP contribution in [0.2, 0.25) is 0 Å². The van der Waals surface area contributed by atoms with Crippen LogP contribution >= 0.6 is 0 Å². The van der Waals surface area contributed by atoms with Gasteiger partial charge in [0.15, 0.2) is 0 Å². The number of hydrogen-bond donors (Lipinski definition) is 1. The van der Waals surface area contributed by atoms with Gasteiger partial charge < -0.3 is 5.73 Å². The summed E-state index contributed by atoms with van der Waals surface area (Å²) in [4.78, 5) is 2.54. The van der Waals surface area contributed by atoms with Crippen LogP contribution in [0, 0.1) is 0 Å². The maximum Gasteiger partial charge on any atom is 0.0317 e. The summed E-state index contributed by atoms with van der Waals surface area (Å²) in [6.45, 7) is 7.93. The van der Waals surface area contributed by atoms with E-state index in [2.05, 4.69) is 30.9 Å². The molecule has 1 aromatic carbocycles. The Morgan fingerprint density at radius 3 is 2.24 bits per heavy atom. The fraction of sp³-hybridized carbons (Fsp3) is 0.600. The predicted molar refractivity (Wildman–Crippen MR) is 75.9 cm³/mol. The van der Waals surface area contributed by atoms with Crippen molar-refractivity contribution in [3.8, 4) is 0 Å². The molecule has 0 aliphatic heterocycles. The van der Waals surface area contributed by atoms with Crippen molar-refractivity contribution in [1.29, 1.82) is 0 Å². The highest BCUT2D eigenvalue weighted by molar-refractivity contribution is 5.40. The highest BCUT2D eigenvalue weighted by Gasteiger charge is 2.05. The molecule has 0 saturated carbocycles. The van der Waals surface area contributed by atoms with Crippen molar-refractivity contribution in [2.75, 3.05) is 18.8 Å². The molecule has 0 spiro atoms. The number of nitrogens with two attached hydrogens (primary N) is 1. The Morgan fingerprint density at radius 1 is 1.06 bits per heavy atom. The molecule has 0 atom stereocenters. The number of anilines is 1. The van der Waals surface area contributed by atoms with Crippen molar-refractivity contribution in [3.05, 3.63) is 29.8 Å². The second kappa shape index (κ2) is 8.13. The molecule has 2 N–H and O–H groups in total. The van der Waals surface area contributed by atoms with Gasteiger partial charge in [0.05, 0.1) is 0 Å². The highest BCUT2D eigenvalue weighted by atomic mass is 15.1. The van der Waals surface area contributed by atoms with Gasteiger partial charge in [0.2, 0.25) is 0 Å². The Labute approximate surface area is 106 Å². The Kier molecular flexibility index (Phi) is 6.71. The topological polar surface area (TPSA) is 29.3 Å². The van der Waals surface area contributed by atoms with Crippen LogP contribution in [0.3, 0.4) is 0 Å². The molecule has 96 valence electrons. The van der Waals surface area contributed by atoms with Crippen LogP contribution in [0.4, 0.5) is 5.69 Å². The predicted octanol–water partition coefficient (Wildman–Crippen LogP) is 3.67. The molecule has 0 aliphatic carbocycles. The zero-order chi connectivity index (χ0) is 12.5. The lowest BCUT2D eigenvalue weighted by Crippen LogP contribution is -2.25. The fourth-order valence-electron chi connectivity index (χ4n) is 1.98. The van der Waals surface area contributed by atoms with E-state index in [4.69, 9.17) is 5.73 Å². The lowest BCUT2D eigenvalue weighted by atomic mass is 10.1. The first-order valence-electron chi connectivity index (χ1n) is 6.83. The van der Waals surface area contributed by atoms with Gasteiger partial charge in [-0.15, -0.1) is 0 Å². The summed E-state index contributed by atoms with van der Waals surface area (Å²) >= 11 is 0. The zero-order valence-corrected chi connectivity index (χ0v) is 11.3. The van der Waals surface area contributed by atoms with Crippen molar-refractivity contribution >= 4 is 5.69 Å². The SMILES string of the molecule is CCCCN(CCCC)Cc1cccc(N)c1. The van der Waals surface area contributed by atoms with Crippen LogP contribution in [0.25, 0.3) is 0 Å². The zero-order valence-electron chi connectivity index (χ0n) is 11.3. The first kappa shape index (κ1) is 14.0. The molecule has 0 aliphatic rings. The smallest absolute Gasteiger partial charge is 0.0317 e. The minimum atomic E-state index is 0.869. The largest absolute Gasteiger partial charge is 0.399 e. The normalized spacial score (nSPS) is 11.0. The first-order chi connectivity index (χ1) is 8.26. The molecule has 0 bridgehead atoms. The molecule has 0 saturated heterocycles. The molecule has 1 rings (SSSR count). The Morgan fingerprint density at radius 2 is 1.71 bits per heavy atom. The first-order valence-corrected chi connectivity index (χ1v) is 6.83. The minimum absolute atomic E-state index is 0.869. The lowest BCUT2D eigenvalue weighted by molar-refractivity contribution is 0.257. The standard InChI is InChI=1S/C15H26N2/c1-3-5-10-17(11-6-4-2)13-14-8-7-9-15(16)12-14/h7-9,12H,3-6,10-11,13,16H2,1-2H3. The molecular weight excluding hydrogens is 208 g/mol. The molecule has 0 radical (unpaired) electrons. The third-order valence-electron chi connectivity index (χ3n) is 3.01. The van der Waals surface area contributed by atoms with E-state index in [1.165, 1.54) is 44.3 Å². The molecule has 1 aromatic rings. The molecule has 2 heteroatoms. The average Bonchev–Trinajstić information content (AvgIpc) is 2.32. The Bertz CT molecular complexity index is 302. The summed E-state index contributed by atoms with van der Waals surface area (Å²) in [6, 6.07) is 8.25. The van der Waals surface area contributed by atoms with E-state index >= 15 is 0 Å². The number of unbranched alkanes of at least 4 members (excludes halogenated alkanes) is 2. The maximum atomic E-state index is 5.82. The van der Waals surface area contributed by atoms with Crippen LogP contribution in [0.15, 0.2) is 24.3 Å². The molecule has 0 fully saturated rings. The number of nitrogen functional groups attached to an aromatic ring is 1. The third kappa shape index (κ3) is 5.73. The van der Waals surface area contributed by atoms with E-state index in [0.717, 1.165) is 12.2 Å². The van der Waals surface area contributed by atoms with Crippen molar-refractivity contribution < 1.29 is 0 Å². The van der Waals surface area contributed by atoms with Crippen LogP contribution < -0.4 is 5.73 Å². The summed E-state index contributed by atoms with van der Waals surface area (Å²) in [5.41, 5.74) is 8.02. The van der Waals surface area contributed by atoms with Crippen LogP contribution in [-0.2, 0) is 6.54 Å². The second-order valence-corrected chi connectivity index (χ2v) is 4.73. The van der Waals surface area contributed by atoms with Gasteiger partial charge in [-0.1, -0.05) is 38.8 Å². The fourth-order valence-corrected chi connectivity index (χ4v) is 1.98. The van der Waals surface area contributed by atoms with Gasteiger partial charge in [0.25, 0.3) is 0 Å². The highest BCUT2D eigenvalue weighted by Crippen LogP contribution is 2.11. The molecule has 17 heavy (non-hydrogen) atoms. The molecule has 2 nitrogen and oxygen atoms in total. The number of nitrogens with zero attached hydrogens (tertiary/aromatic N) is 1. The number of benzene rings is 1. The van der Waals surface area contributed by atoms with Gasteiger partial charge in [0, 0.05) is 12.2 Å². The third-order valence-corrected chi connectivity index (χ3v) is 3.01. The van der Waals surface area contributed by atoms with Crippen molar-refractivity contribution in [1.82, 2.24) is 4.90 Å². The van der Waals surface area contributed by atoms with E-state index in [1.54, 1.807) is 0 Å². The summed E-state index contributed by atoms with van der Waals surface area (Å²) < 4.78 is 0. The summed E-state index contributed by atoms with van der Waals surface area (Å²) in [5.74, 6) is 0. The van der Waals surface area contributed by atoms with Crippen LogP contribution in [0.1, 0.15) is 45.1 Å². The molecule has 0 amide bonds. The molecular formula is C15H26N2. The quantitative estimate of drug-likeness (QED) is 0.695. The van der Waals surface area contributed by atoms with E-state index in [-0.39, 0.29) is 0 Å². The van der Waals surface area contributed by atoms with Crippen molar-refractivity contribution in [2.24, 2.45) is 0 Å². The van der Waals surface area contributed by atoms with Gasteiger partial charge in [-0.25, -0.2) is 0 Å². The lowest BCUT2D eigenvalue weighted by Gasteiger charge is -2.22. The molecule has 0 unspecified atom stereocenters. The van der Waals surface area contributed by atoms with Gasteiger partial charge in [0.1, 0.15) is 0 Å². The monoisotopic (exact) mass is 234 g/mol. The van der Waals surface area contributed by atoms with E-state index < -0.39 is 0 Å².